The normalized spacial score (nSPS) is 39.1. The maximum absolute atomic E-state index is 11.8. The van der Waals surface area contributed by atoms with Gasteiger partial charge in [-0.05, 0) is 26.7 Å². The fourth-order valence-electron chi connectivity index (χ4n) is 2.11. The van der Waals surface area contributed by atoms with Crippen molar-refractivity contribution in [1.29, 1.82) is 5.26 Å². The summed E-state index contributed by atoms with van der Waals surface area (Å²) in [6.07, 6.45) is 0.0631. The highest BCUT2D eigenvalue weighted by molar-refractivity contribution is 5.86. The van der Waals surface area contributed by atoms with E-state index in [1.54, 1.807) is 6.92 Å². The van der Waals surface area contributed by atoms with E-state index in [2.05, 4.69) is 0 Å². The van der Waals surface area contributed by atoms with Gasteiger partial charge in [0.05, 0.1) is 24.2 Å². The molecule has 0 radical (unpaired) electrons. The lowest BCUT2D eigenvalue weighted by molar-refractivity contribution is -0.126. The molecule has 3 nitrogen and oxygen atoms in total. The molecule has 1 aliphatic heterocycles. The third kappa shape index (κ3) is 1.80. The Labute approximate surface area is 85.1 Å². The van der Waals surface area contributed by atoms with Crippen LogP contribution in [-0.2, 0) is 9.53 Å². The minimum Gasteiger partial charge on any atom is -0.375 e. The number of hydrogen-bond acceptors (Lipinski definition) is 3. The summed E-state index contributed by atoms with van der Waals surface area (Å²) in [5.74, 6) is -0.386. The van der Waals surface area contributed by atoms with Crippen LogP contribution in [0.25, 0.3) is 0 Å². The topological polar surface area (TPSA) is 50.1 Å². The summed E-state index contributed by atoms with van der Waals surface area (Å²) in [6.45, 7) is 7.56. The second-order valence-corrected chi connectivity index (χ2v) is 4.18. The molecule has 1 rings (SSSR count). The number of nitrogens with zero attached hydrogens (tertiary/aromatic N) is 1. The number of hydrogen-bond donors (Lipinski definition) is 0. The van der Waals surface area contributed by atoms with Crippen LogP contribution in [0.1, 0.15) is 27.7 Å². The van der Waals surface area contributed by atoms with E-state index >= 15 is 0 Å². The molecule has 1 fully saturated rings. The predicted molar refractivity (Wildman–Crippen MR) is 52.4 cm³/mol. The van der Waals surface area contributed by atoms with E-state index in [1.165, 1.54) is 0 Å². The molecule has 1 heterocycles. The van der Waals surface area contributed by atoms with E-state index in [1.807, 2.05) is 26.8 Å². The van der Waals surface area contributed by atoms with Gasteiger partial charge in [0.2, 0.25) is 0 Å². The zero-order valence-corrected chi connectivity index (χ0v) is 9.15. The van der Waals surface area contributed by atoms with Gasteiger partial charge in [0, 0.05) is 0 Å². The number of ketones is 1. The van der Waals surface area contributed by atoms with Crippen molar-refractivity contribution in [2.75, 3.05) is 0 Å². The number of rotatable bonds is 2. The summed E-state index contributed by atoms with van der Waals surface area (Å²) in [5, 5.41) is 8.69. The van der Waals surface area contributed by atoms with Crippen molar-refractivity contribution >= 4 is 5.78 Å². The van der Waals surface area contributed by atoms with E-state index in [9.17, 15) is 4.79 Å². The third-order valence-electron chi connectivity index (χ3n) is 3.19. The largest absolute Gasteiger partial charge is 0.375 e. The molecule has 0 aromatic rings. The molecule has 78 valence electrons. The van der Waals surface area contributed by atoms with Crippen LogP contribution in [-0.4, -0.2) is 18.0 Å². The van der Waals surface area contributed by atoms with Crippen molar-refractivity contribution in [2.24, 2.45) is 17.8 Å². The smallest absolute Gasteiger partial charge is 0.155 e. The standard InChI is InChI=1S/C11H17NO2/c1-6(5-12)11(13)10-7(2)8(3)14-9(10)4/h6-10H,1-4H3. The molecule has 0 aliphatic carbocycles. The Morgan fingerprint density at radius 2 is 1.93 bits per heavy atom. The maximum Gasteiger partial charge on any atom is 0.155 e. The molecule has 5 unspecified atom stereocenters. The molecular formula is C11H17NO2. The molecule has 0 bridgehead atoms. The van der Waals surface area contributed by atoms with Gasteiger partial charge in [-0.1, -0.05) is 6.92 Å². The highest BCUT2D eigenvalue weighted by Gasteiger charge is 2.42. The Bertz CT molecular complexity index is 269. The fraction of sp³-hybridized carbons (Fsp3) is 0.818. The van der Waals surface area contributed by atoms with Crippen molar-refractivity contribution in [2.45, 2.75) is 39.9 Å². The minimum absolute atomic E-state index is 0.0249. The van der Waals surface area contributed by atoms with E-state index in [-0.39, 0.29) is 29.8 Å². The molecule has 0 aromatic heterocycles. The Balaban J connectivity index is 2.78. The second-order valence-electron chi connectivity index (χ2n) is 4.18. The van der Waals surface area contributed by atoms with Gasteiger partial charge in [-0.15, -0.1) is 0 Å². The Morgan fingerprint density at radius 1 is 1.36 bits per heavy atom. The zero-order chi connectivity index (χ0) is 10.9. The summed E-state index contributed by atoms with van der Waals surface area (Å²) in [4.78, 5) is 11.8. The molecule has 0 saturated carbocycles. The lowest BCUT2D eigenvalue weighted by Crippen LogP contribution is -2.30. The van der Waals surface area contributed by atoms with E-state index < -0.39 is 5.92 Å². The Hall–Kier alpha value is -0.880. The Morgan fingerprint density at radius 3 is 2.29 bits per heavy atom. The Kier molecular flexibility index (Phi) is 3.28. The highest BCUT2D eigenvalue weighted by atomic mass is 16.5. The SMILES string of the molecule is CC(C#N)C(=O)C1C(C)OC(C)C1C. The van der Waals surface area contributed by atoms with Crippen molar-refractivity contribution in [3.63, 3.8) is 0 Å². The number of Topliss-reactive ketones (excluding diaryl/α,β-unsaturated/α-hetero) is 1. The molecule has 0 spiro atoms. The molecular weight excluding hydrogens is 178 g/mol. The van der Waals surface area contributed by atoms with E-state index in [0.717, 1.165) is 0 Å². The number of ether oxygens (including phenoxy) is 1. The number of carbonyl (C=O) groups is 1. The molecule has 1 aliphatic rings. The van der Waals surface area contributed by atoms with Gasteiger partial charge in [-0.2, -0.15) is 5.26 Å². The summed E-state index contributed by atoms with van der Waals surface area (Å²) < 4.78 is 5.57. The van der Waals surface area contributed by atoms with Crippen molar-refractivity contribution < 1.29 is 9.53 Å². The van der Waals surface area contributed by atoms with Gasteiger partial charge >= 0.3 is 0 Å². The molecule has 14 heavy (non-hydrogen) atoms. The summed E-state index contributed by atoms with van der Waals surface area (Å²) >= 11 is 0. The van der Waals surface area contributed by atoms with Gasteiger partial charge in [-0.3, -0.25) is 4.79 Å². The zero-order valence-electron chi connectivity index (χ0n) is 9.15. The number of nitriles is 1. The van der Waals surface area contributed by atoms with Crippen LogP contribution in [0.15, 0.2) is 0 Å². The van der Waals surface area contributed by atoms with E-state index in [0.29, 0.717) is 0 Å². The average molecular weight is 195 g/mol. The predicted octanol–water partition coefficient (Wildman–Crippen LogP) is 1.77. The molecule has 0 N–H and O–H groups in total. The van der Waals surface area contributed by atoms with Gasteiger partial charge in [0.15, 0.2) is 5.78 Å². The first-order valence-electron chi connectivity index (χ1n) is 5.07. The summed E-state index contributed by atoms with van der Waals surface area (Å²) in [6, 6.07) is 1.99. The van der Waals surface area contributed by atoms with Crippen LogP contribution in [0.2, 0.25) is 0 Å². The summed E-state index contributed by atoms with van der Waals surface area (Å²) in [7, 11) is 0. The van der Waals surface area contributed by atoms with Crippen LogP contribution in [0, 0.1) is 29.1 Å². The third-order valence-corrected chi connectivity index (χ3v) is 3.19. The lowest BCUT2D eigenvalue weighted by atomic mass is 9.82. The van der Waals surface area contributed by atoms with Crippen molar-refractivity contribution in [1.82, 2.24) is 0 Å². The first kappa shape index (κ1) is 11.2. The maximum atomic E-state index is 11.8. The van der Waals surface area contributed by atoms with Crippen LogP contribution in [0.3, 0.4) is 0 Å². The molecule has 0 aromatic carbocycles. The molecule has 5 atom stereocenters. The van der Waals surface area contributed by atoms with Crippen LogP contribution >= 0.6 is 0 Å². The fourth-order valence-corrected chi connectivity index (χ4v) is 2.11. The monoisotopic (exact) mass is 195 g/mol. The van der Waals surface area contributed by atoms with Gasteiger partial charge in [-0.25, -0.2) is 0 Å². The quantitative estimate of drug-likeness (QED) is 0.674. The van der Waals surface area contributed by atoms with Gasteiger partial charge < -0.3 is 4.74 Å². The summed E-state index contributed by atoms with van der Waals surface area (Å²) in [5.41, 5.74) is 0. The van der Waals surface area contributed by atoms with Gasteiger partial charge in [0.1, 0.15) is 5.92 Å². The van der Waals surface area contributed by atoms with Crippen molar-refractivity contribution in [3.8, 4) is 6.07 Å². The van der Waals surface area contributed by atoms with E-state index in [4.69, 9.17) is 10.00 Å². The van der Waals surface area contributed by atoms with Crippen molar-refractivity contribution in [3.05, 3.63) is 0 Å². The number of carbonyl (C=O) groups excluding carboxylic acids is 1. The molecule has 3 heteroatoms. The van der Waals surface area contributed by atoms with Crippen LogP contribution in [0.4, 0.5) is 0 Å². The molecule has 1 saturated heterocycles. The first-order chi connectivity index (χ1) is 6.49. The van der Waals surface area contributed by atoms with Crippen LogP contribution in [0.5, 0.6) is 0 Å². The first-order valence-corrected chi connectivity index (χ1v) is 5.07. The minimum atomic E-state index is -0.515. The molecule has 0 amide bonds. The average Bonchev–Trinajstić information content (AvgIpc) is 2.39. The van der Waals surface area contributed by atoms with Crippen LogP contribution < -0.4 is 0 Å². The second kappa shape index (κ2) is 4.10. The lowest BCUT2D eigenvalue weighted by Gasteiger charge is -2.17. The highest BCUT2D eigenvalue weighted by Crippen LogP contribution is 2.34. The van der Waals surface area contributed by atoms with Gasteiger partial charge in [0.25, 0.3) is 0 Å².